The third-order valence-corrected chi connectivity index (χ3v) is 7.25. The quantitative estimate of drug-likeness (QED) is 0.715. The SMILES string of the molecule is Cc1nc(-c2ccco2)sc1CNS(=O)(=O)c1ccc2c(c1)CCCC2. The molecule has 0 aliphatic heterocycles. The molecule has 3 aromatic rings. The van der Waals surface area contributed by atoms with Crippen molar-refractivity contribution in [1.82, 2.24) is 9.71 Å². The number of nitrogens with zero attached hydrogens (tertiary/aromatic N) is 1. The number of sulfonamides is 1. The summed E-state index contributed by atoms with van der Waals surface area (Å²) in [5.74, 6) is 0.696. The van der Waals surface area contributed by atoms with Gasteiger partial charge in [0.2, 0.25) is 10.0 Å². The minimum absolute atomic E-state index is 0.226. The Hall–Kier alpha value is -1.96. The number of aromatic nitrogens is 1. The second kappa shape index (κ2) is 6.98. The molecule has 7 heteroatoms. The highest BCUT2D eigenvalue weighted by Crippen LogP contribution is 2.29. The van der Waals surface area contributed by atoms with Crippen molar-refractivity contribution in [2.45, 2.75) is 44.0 Å². The van der Waals surface area contributed by atoms with Crippen LogP contribution < -0.4 is 4.72 Å². The lowest BCUT2D eigenvalue weighted by Crippen LogP contribution is -2.23. The molecule has 0 atom stereocenters. The minimum atomic E-state index is -3.55. The van der Waals surface area contributed by atoms with Crippen LogP contribution in [0.25, 0.3) is 10.8 Å². The summed E-state index contributed by atoms with van der Waals surface area (Å²) >= 11 is 1.44. The van der Waals surface area contributed by atoms with Gasteiger partial charge in [0.15, 0.2) is 10.8 Å². The molecule has 5 nitrogen and oxygen atoms in total. The van der Waals surface area contributed by atoms with Crippen molar-refractivity contribution in [3.05, 3.63) is 58.3 Å². The largest absolute Gasteiger partial charge is 0.462 e. The van der Waals surface area contributed by atoms with Crippen molar-refractivity contribution < 1.29 is 12.8 Å². The molecule has 0 spiro atoms. The van der Waals surface area contributed by atoms with E-state index in [4.69, 9.17) is 4.42 Å². The zero-order valence-electron chi connectivity index (χ0n) is 14.5. The molecule has 0 unspecified atom stereocenters. The molecule has 0 saturated heterocycles. The standard InChI is InChI=1S/C19H20N2O3S2/c1-13-18(25-19(21-13)17-7-4-10-24-17)12-20-26(22,23)16-9-8-14-5-2-3-6-15(14)11-16/h4,7-11,20H,2-3,5-6,12H2,1H3. The van der Waals surface area contributed by atoms with Gasteiger partial charge in [-0.15, -0.1) is 11.3 Å². The van der Waals surface area contributed by atoms with E-state index in [9.17, 15) is 8.42 Å². The first-order valence-corrected chi connectivity index (χ1v) is 10.9. The first kappa shape index (κ1) is 17.5. The summed E-state index contributed by atoms with van der Waals surface area (Å²) in [6.07, 6.45) is 5.90. The third-order valence-electron chi connectivity index (χ3n) is 4.68. The van der Waals surface area contributed by atoms with Gasteiger partial charge in [-0.1, -0.05) is 6.07 Å². The van der Waals surface area contributed by atoms with E-state index in [1.807, 2.05) is 31.2 Å². The maximum atomic E-state index is 12.7. The number of hydrogen-bond acceptors (Lipinski definition) is 5. The van der Waals surface area contributed by atoms with Gasteiger partial charge in [-0.25, -0.2) is 18.1 Å². The number of rotatable bonds is 5. The summed E-state index contributed by atoms with van der Waals surface area (Å²) in [4.78, 5) is 5.70. The number of nitrogens with one attached hydrogen (secondary N) is 1. The van der Waals surface area contributed by atoms with Crippen molar-refractivity contribution >= 4 is 21.4 Å². The Bertz CT molecular complexity index is 1020. The lowest BCUT2D eigenvalue weighted by atomic mass is 9.92. The van der Waals surface area contributed by atoms with E-state index in [0.717, 1.165) is 40.4 Å². The van der Waals surface area contributed by atoms with E-state index in [1.54, 1.807) is 12.3 Å². The number of furan rings is 1. The normalized spacial score (nSPS) is 14.3. The van der Waals surface area contributed by atoms with Crippen LogP contribution in [0.1, 0.15) is 34.5 Å². The Morgan fingerprint density at radius 2 is 2.00 bits per heavy atom. The Balaban J connectivity index is 1.52. The molecule has 0 bridgehead atoms. The molecule has 1 aromatic carbocycles. The fourth-order valence-electron chi connectivity index (χ4n) is 3.22. The lowest BCUT2D eigenvalue weighted by Gasteiger charge is -2.16. The van der Waals surface area contributed by atoms with Gasteiger partial charge in [0, 0.05) is 11.4 Å². The summed E-state index contributed by atoms with van der Waals surface area (Å²) in [5, 5.41) is 0.760. The number of hydrogen-bond donors (Lipinski definition) is 1. The molecule has 0 saturated carbocycles. The van der Waals surface area contributed by atoms with Crippen LogP contribution in [0.4, 0.5) is 0 Å². The molecule has 1 N–H and O–H groups in total. The summed E-state index contributed by atoms with van der Waals surface area (Å²) < 4.78 is 33.5. The topological polar surface area (TPSA) is 72.2 Å². The highest BCUT2D eigenvalue weighted by Gasteiger charge is 2.19. The summed E-state index contributed by atoms with van der Waals surface area (Å²) in [5.41, 5.74) is 3.25. The Morgan fingerprint density at radius 3 is 2.77 bits per heavy atom. The second-order valence-electron chi connectivity index (χ2n) is 6.47. The molecule has 1 aliphatic carbocycles. The van der Waals surface area contributed by atoms with Gasteiger partial charge in [0.1, 0.15) is 0 Å². The summed E-state index contributed by atoms with van der Waals surface area (Å²) in [7, 11) is -3.55. The van der Waals surface area contributed by atoms with Gasteiger partial charge in [-0.2, -0.15) is 0 Å². The zero-order valence-corrected chi connectivity index (χ0v) is 16.1. The van der Waals surface area contributed by atoms with E-state index >= 15 is 0 Å². The highest BCUT2D eigenvalue weighted by atomic mass is 32.2. The van der Waals surface area contributed by atoms with Crippen molar-refractivity contribution in [3.63, 3.8) is 0 Å². The average Bonchev–Trinajstić information content (AvgIpc) is 3.29. The van der Waals surface area contributed by atoms with E-state index in [-0.39, 0.29) is 6.54 Å². The van der Waals surface area contributed by atoms with Crippen molar-refractivity contribution in [1.29, 1.82) is 0 Å². The van der Waals surface area contributed by atoms with Crippen LogP contribution in [0.3, 0.4) is 0 Å². The van der Waals surface area contributed by atoms with E-state index in [1.165, 1.54) is 23.3 Å². The second-order valence-corrected chi connectivity index (χ2v) is 9.32. The van der Waals surface area contributed by atoms with Gasteiger partial charge < -0.3 is 4.42 Å². The molecule has 0 fully saturated rings. The van der Waals surface area contributed by atoms with E-state index in [0.29, 0.717) is 10.7 Å². The molecule has 26 heavy (non-hydrogen) atoms. The molecule has 4 rings (SSSR count). The molecule has 1 aliphatic rings. The number of aryl methyl sites for hydroxylation is 3. The van der Waals surface area contributed by atoms with E-state index < -0.39 is 10.0 Å². The van der Waals surface area contributed by atoms with Gasteiger partial charge in [0.05, 0.1) is 16.9 Å². The van der Waals surface area contributed by atoms with Crippen LogP contribution in [-0.2, 0) is 29.4 Å². The fourth-order valence-corrected chi connectivity index (χ4v) is 5.33. The van der Waals surface area contributed by atoms with Gasteiger partial charge in [0.25, 0.3) is 0 Å². The van der Waals surface area contributed by atoms with Gasteiger partial charge in [-0.3, -0.25) is 0 Å². The average molecular weight is 389 g/mol. The maximum Gasteiger partial charge on any atom is 0.240 e. The highest BCUT2D eigenvalue weighted by molar-refractivity contribution is 7.89. The number of thiazole rings is 1. The van der Waals surface area contributed by atoms with Crippen molar-refractivity contribution in [2.75, 3.05) is 0 Å². The molecular formula is C19H20N2O3S2. The van der Waals surface area contributed by atoms with Crippen LogP contribution >= 0.6 is 11.3 Å². The van der Waals surface area contributed by atoms with E-state index in [2.05, 4.69) is 9.71 Å². The monoisotopic (exact) mass is 388 g/mol. The van der Waals surface area contributed by atoms with Crippen LogP contribution in [0.15, 0.2) is 45.9 Å². The van der Waals surface area contributed by atoms with Gasteiger partial charge >= 0.3 is 0 Å². The number of benzene rings is 1. The van der Waals surface area contributed by atoms with Crippen molar-refractivity contribution in [2.24, 2.45) is 0 Å². The van der Waals surface area contributed by atoms with Crippen LogP contribution in [-0.4, -0.2) is 13.4 Å². The van der Waals surface area contributed by atoms with Crippen LogP contribution in [0, 0.1) is 6.92 Å². The molecule has 0 amide bonds. The molecule has 2 aromatic heterocycles. The first-order chi connectivity index (χ1) is 12.5. The number of fused-ring (bicyclic) bond motifs is 1. The Morgan fingerprint density at radius 1 is 1.19 bits per heavy atom. The summed E-state index contributed by atoms with van der Waals surface area (Å²) in [6, 6.07) is 9.14. The fraction of sp³-hybridized carbons (Fsp3) is 0.316. The smallest absolute Gasteiger partial charge is 0.240 e. The van der Waals surface area contributed by atoms with Crippen LogP contribution in [0.5, 0.6) is 0 Å². The first-order valence-electron chi connectivity index (χ1n) is 8.64. The predicted octanol–water partition coefficient (Wildman–Crippen LogP) is 4.07. The molecule has 2 heterocycles. The molecule has 136 valence electrons. The van der Waals surface area contributed by atoms with Crippen molar-refractivity contribution in [3.8, 4) is 10.8 Å². The molecule has 0 radical (unpaired) electrons. The minimum Gasteiger partial charge on any atom is -0.462 e. The summed E-state index contributed by atoms with van der Waals surface area (Å²) in [6.45, 7) is 2.11. The molecular weight excluding hydrogens is 368 g/mol. The third kappa shape index (κ3) is 3.47. The Kier molecular flexibility index (Phi) is 4.69. The maximum absolute atomic E-state index is 12.7. The Labute approximate surface area is 157 Å². The van der Waals surface area contributed by atoms with Crippen LogP contribution in [0.2, 0.25) is 0 Å². The lowest BCUT2D eigenvalue weighted by molar-refractivity contribution is 0.580. The predicted molar refractivity (Wildman–Crippen MR) is 102 cm³/mol. The zero-order chi connectivity index (χ0) is 18.1. The van der Waals surface area contributed by atoms with Gasteiger partial charge in [-0.05, 0) is 68.0 Å².